The van der Waals surface area contributed by atoms with Gasteiger partial charge in [-0.1, -0.05) is 6.92 Å². The van der Waals surface area contributed by atoms with Crippen molar-refractivity contribution in [1.82, 2.24) is 20.3 Å². The quantitative estimate of drug-likeness (QED) is 0.408. The van der Waals surface area contributed by atoms with E-state index in [0.717, 1.165) is 37.8 Å². The van der Waals surface area contributed by atoms with Gasteiger partial charge in [0.2, 0.25) is 5.88 Å². The van der Waals surface area contributed by atoms with Gasteiger partial charge in [-0.15, -0.1) is 0 Å². The minimum absolute atomic E-state index is 0.0181. The van der Waals surface area contributed by atoms with Gasteiger partial charge in [0.1, 0.15) is 5.82 Å². The molecule has 2 aliphatic carbocycles. The van der Waals surface area contributed by atoms with Crippen molar-refractivity contribution in [3.63, 3.8) is 0 Å². The Labute approximate surface area is 232 Å². The maximum Gasteiger partial charge on any atom is 0.263 e. The molecule has 2 bridgehead atoms. The molecular formula is C30H34FN5O4. The summed E-state index contributed by atoms with van der Waals surface area (Å²) in [7, 11) is 0. The number of nitrogens with zero attached hydrogens (tertiary/aromatic N) is 3. The summed E-state index contributed by atoms with van der Waals surface area (Å²) in [6, 6.07) is 7.45. The lowest BCUT2D eigenvalue weighted by atomic mass is 9.69. The van der Waals surface area contributed by atoms with Crippen LogP contribution in [0.25, 0.3) is 11.0 Å². The van der Waals surface area contributed by atoms with Crippen molar-refractivity contribution in [2.24, 2.45) is 11.8 Å². The molecule has 10 heteroatoms. The highest BCUT2D eigenvalue weighted by atomic mass is 19.1. The minimum Gasteiger partial charge on any atom is -0.480 e. The highest BCUT2D eigenvalue weighted by Crippen LogP contribution is 2.46. The first-order valence-corrected chi connectivity index (χ1v) is 14.3. The standard InChI is InChI=1S/C30H34FN5O4/c1-18-12-19(18)15-39-26-5-3-23-27(36-26)21(22(31)14-32-23)6-7-30-10-8-29(9-11-30,17-40-30)33-13-20-2-4-24-28(34-20)35-25(37)16-38-24/h2-5,14,18-19,33H,6-13,15-17H2,1H3,(H,34,35,37). The first-order chi connectivity index (χ1) is 19.4. The van der Waals surface area contributed by atoms with Gasteiger partial charge in [0.05, 0.1) is 41.7 Å². The molecule has 0 aromatic carbocycles. The molecule has 1 amide bonds. The molecule has 2 atom stereocenters. The number of amides is 1. The molecule has 2 saturated heterocycles. The Balaban J connectivity index is 0.985. The van der Waals surface area contributed by atoms with E-state index in [1.165, 1.54) is 12.6 Å². The molecule has 2 N–H and O–H groups in total. The number of pyridine rings is 3. The lowest BCUT2D eigenvalue weighted by Gasteiger charge is -2.53. The van der Waals surface area contributed by atoms with Crippen LogP contribution >= 0.6 is 0 Å². The number of anilines is 1. The van der Waals surface area contributed by atoms with Gasteiger partial charge in [-0.3, -0.25) is 9.78 Å². The number of carbonyl (C=O) groups is 1. The van der Waals surface area contributed by atoms with E-state index < -0.39 is 0 Å². The van der Waals surface area contributed by atoms with Crippen molar-refractivity contribution >= 4 is 22.8 Å². The minimum atomic E-state index is -0.328. The third kappa shape index (κ3) is 4.99. The third-order valence-electron chi connectivity index (χ3n) is 9.24. The summed E-state index contributed by atoms with van der Waals surface area (Å²) in [6.07, 6.45) is 7.54. The number of ether oxygens (including phenoxy) is 3. The molecule has 2 saturated carbocycles. The molecule has 0 radical (unpaired) electrons. The number of rotatable bonds is 9. The van der Waals surface area contributed by atoms with Gasteiger partial charge in [0.15, 0.2) is 18.2 Å². The lowest BCUT2D eigenvalue weighted by Crippen LogP contribution is -2.61. The van der Waals surface area contributed by atoms with Crippen molar-refractivity contribution in [3.8, 4) is 11.6 Å². The Kier molecular flexibility index (Phi) is 6.35. The summed E-state index contributed by atoms with van der Waals surface area (Å²) < 4.78 is 32.9. The number of halogens is 1. The summed E-state index contributed by atoms with van der Waals surface area (Å²) in [5.74, 6) is 2.36. The number of hydrogen-bond acceptors (Lipinski definition) is 8. The second kappa shape index (κ2) is 9.92. The van der Waals surface area contributed by atoms with Gasteiger partial charge < -0.3 is 24.8 Å². The Morgan fingerprint density at radius 1 is 1.18 bits per heavy atom. The van der Waals surface area contributed by atoms with Crippen molar-refractivity contribution < 1.29 is 23.4 Å². The molecule has 3 aromatic rings. The monoisotopic (exact) mass is 547 g/mol. The van der Waals surface area contributed by atoms with E-state index in [0.29, 0.717) is 72.1 Å². The summed E-state index contributed by atoms with van der Waals surface area (Å²) >= 11 is 0. The molecule has 4 fully saturated rings. The van der Waals surface area contributed by atoms with Crippen molar-refractivity contribution in [3.05, 3.63) is 47.5 Å². The molecule has 8 rings (SSSR count). The van der Waals surface area contributed by atoms with E-state index in [4.69, 9.17) is 14.2 Å². The molecule has 40 heavy (non-hydrogen) atoms. The fraction of sp³-hybridized carbons (Fsp3) is 0.533. The third-order valence-corrected chi connectivity index (χ3v) is 9.24. The topological polar surface area (TPSA) is 107 Å². The van der Waals surface area contributed by atoms with Gasteiger partial charge in [-0.2, -0.15) is 0 Å². The molecule has 3 aromatic heterocycles. The van der Waals surface area contributed by atoms with Crippen LogP contribution in [0.15, 0.2) is 30.5 Å². The van der Waals surface area contributed by atoms with Gasteiger partial charge in [0.25, 0.3) is 5.91 Å². The maximum atomic E-state index is 15.0. The molecule has 2 unspecified atom stereocenters. The van der Waals surface area contributed by atoms with Gasteiger partial charge in [0, 0.05) is 23.7 Å². The second-order valence-electron chi connectivity index (χ2n) is 12.0. The highest BCUT2D eigenvalue weighted by Gasteiger charge is 2.49. The Bertz CT molecular complexity index is 1440. The van der Waals surface area contributed by atoms with Crippen LogP contribution in [0.2, 0.25) is 0 Å². The van der Waals surface area contributed by atoms with Gasteiger partial charge in [-0.25, -0.2) is 14.4 Å². The van der Waals surface area contributed by atoms with Crippen molar-refractivity contribution in [2.45, 2.75) is 69.6 Å². The van der Waals surface area contributed by atoms with E-state index in [9.17, 15) is 4.79 Å². The van der Waals surface area contributed by atoms with Crippen LogP contribution in [-0.4, -0.2) is 51.8 Å². The van der Waals surface area contributed by atoms with E-state index in [1.807, 2.05) is 24.3 Å². The zero-order valence-corrected chi connectivity index (χ0v) is 22.7. The smallest absolute Gasteiger partial charge is 0.263 e. The summed E-state index contributed by atoms with van der Waals surface area (Å²) in [5, 5.41) is 6.45. The van der Waals surface area contributed by atoms with Gasteiger partial charge in [-0.05, 0) is 75.0 Å². The van der Waals surface area contributed by atoms with Crippen LogP contribution in [0, 0.1) is 17.7 Å². The number of fused-ring (bicyclic) bond motifs is 5. The summed E-state index contributed by atoms with van der Waals surface area (Å²) in [4.78, 5) is 25.1. The Morgan fingerprint density at radius 3 is 2.80 bits per heavy atom. The predicted molar refractivity (Wildman–Crippen MR) is 146 cm³/mol. The predicted octanol–water partition coefficient (Wildman–Crippen LogP) is 4.33. The Hall–Kier alpha value is -3.37. The zero-order valence-electron chi connectivity index (χ0n) is 22.7. The van der Waals surface area contributed by atoms with Crippen LogP contribution in [0.1, 0.15) is 56.7 Å². The average Bonchev–Trinajstić information content (AvgIpc) is 3.70. The van der Waals surface area contributed by atoms with Gasteiger partial charge >= 0.3 is 0 Å². The zero-order chi connectivity index (χ0) is 27.3. The molecule has 5 aliphatic rings. The number of aryl methyl sites for hydroxylation is 1. The SMILES string of the molecule is CC1CC1COc1ccc2ncc(F)c(CCC34CCC(NCc5ccc6c(n5)NC(=O)CO6)(CC3)CO4)c2n1. The second-order valence-corrected chi connectivity index (χ2v) is 12.0. The van der Waals surface area contributed by atoms with Crippen LogP contribution in [0.4, 0.5) is 10.2 Å². The van der Waals surface area contributed by atoms with Crippen LogP contribution in [0.5, 0.6) is 11.6 Å². The van der Waals surface area contributed by atoms with Crippen molar-refractivity contribution in [1.29, 1.82) is 0 Å². The van der Waals surface area contributed by atoms with Crippen LogP contribution in [0.3, 0.4) is 0 Å². The molecule has 3 aliphatic heterocycles. The molecule has 6 heterocycles. The molecule has 210 valence electrons. The fourth-order valence-electron chi connectivity index (χ4n) is 6.27. The molecule has 0 spiro atoms. The van der Waals surface area contributed by atoms with E-state index >= 15 is 4.39 Å². The summed E-state index contributed by atoms with van der Waals surface area (Å²) in [5.41, 5.74) is 2.32. The first kappa shape index (κ1) is 25.6. The average molecular weight is 548 g/mol. The lowest BCUT2D eigenvalue weighted by molar-refractivity contribution is -0.165. The van der Waals surface area contributed by atoms with Crippen LogP contribution in [-0.2, 0) is 22.5 Å². The highest BCUT2D eigenvalue weighted by molar-refractivity contribution is 5.94. The van der Waals surface area contributed by atoms with Crippen molar-refractivity contribution in [2.75, 3.05) is 25.1 Å². The normalized spacial score (nSPS) is 28.6. The maximum absolute atomic E-state index is 15.0. The summed E-state index contributed by atoms with van der Waals surface area (Å²) in [6.45, 7) is 4.07. The Morgan fingerprint density at radius 2 is 2.02 bits per heavy atom. The van der Waals surface area contributed by atoms with E-state index in [1.54, 1.807) is 0 Å². The number of aromatic nitrogens is 3. The number of hydrogen-bond donors (Lipinski definition) is 2. The fourth-order valence-corrected chi connectivity index (χ4v) is 6.27. The van der Waals surface area contributed by atoms with E-state index in [-0.39, 0.29) is 29.5 Å². The largest absolute Gasteiger partial charge is 0.480 e. The molecule has 9 nitrogen and oxygen atoms in total. The van der Waals surface area contributed by atoms with E-state index in [2.05, 4.69) is 32.5 Å². The van der Waals surface area contributed by atoms with Crippen LogP contribution < -0.4 is 20.1 Å². The molecular weight excluding hydrogens is 513 g/mol. The number of carbonyl (C=O) groups excluding carboxylic acids is 1. The first-order valence-electron chi connectivity index (χ1n) is 14.3. The number of nitrogens with one attached hydrogen (secondary N) is 2.